The maximum atomic E-state index is 13.8. The van der Waals surface area contributed by atoms with Crippen LogP contribution in [0.25, 0.3) is 11.4 Å². The molecule has 0 saturated heterocycles. The molecule has 5 nitrogen and oxygen atoms in total. The molecule has 0 amide bonds. The molecular weight excluding hydrogens is 266 g/mol. The molecule has 0 aliphatic heterocycles. The van der Waals surface area contributed by atoms with E-state index in [2.05, 4.69) is 20.3 Å². The SMILES string of the molecule is CCCOc1nc(NC)nc(-c2c(F)cccc2F)n1. The first kappa shape index (κ1) is 14.1. The minimum Gasteiger partial charge on any atom is -0.463 e. The molecule has 0 saturated carbocycles. The summed E-state index contributed by atoms with van der Waals surface area (Å²) in [4.78, 5) is 11.9. The van der Waals surface area contributed by atoms with Gasteiger partial charge in [-0.25, -0.2) is 8.78 Å². The zero-order valence-corrected chi connectivity index (χ0v) is 11.2. The Balaban J connectivity index is 2.50. The van der Waals surface area contributed by atoms with Crippen molar-refractivity contribution < 1.29 is 13.5 Å². The molecule has 0 spiro atoms. The quantitative estimate of drug-likeness (QED) is 0.912. The first-order chi connectivity index (χ1) is 9.65. The maximum Gasteiger partial charge on any atom is 0.321 e. The fourth-order valence-electron chi connectivity index (χ4n) is 1.55. The largest absolute Gasteiger partial charge is 0.463 e. The summed E-state index contributed by atoms with van der Waals surface area (Å²) in [7, 11) is 1.60. The number of benzene rings is 1. The average molecular weight is 280 g/mol. The summed E-state index contributed by atoms with van der Waals surface area (Å²) in [6, 6.07) is 3.61. The van der Waals surface area contributed by atoms with Crippen LogP contribution in [0.1, 0.15) is 13.3 Å². The lowest BCUT2D eigenvalue weighted by atomic mass is 10.2. The van der Waals surface area contributed by atoms with E-state index < -0.39 is 11.6 Å². The predicted molar refractivity (Wildman–Crippen MR) is 70.5 cm³/mol. The molecule has 0 aliphatic carbocycles. The lowest BCUT2D eigenvalue weighted by Crippen LogP contribution is -2.07. The molecule has 0 aliphatic rings. The Morgan fingerprint density at radius 3 is 2.45 bits per heavy atom. The lowest BCUT2D eigenvalue weighted by molar-refractivity contribution is 0.292. The number of aromatic nitrogens is 3. The first-order valence-corrected chi connectivity index (χ1v) is 6.16. The van der Waals surface area contributed by atoms with E-state index in [1.807, 2.05) is 6.92 Å². The van der Waals surface area contributed by atoms with Crippen molar-refractivity contribution in [1.29, 1.82) is 0 Å². The first-order valence-electron chi connectivity index (χ1n) is 6.16. The van der Waals surface area contributed by atoms with Crippen LogP contribution in [0, 0.1) is 11.6 Å². The Morgan fingerprint density at radius 2 is 1.85 bits per heavy atom. The van der Waals surface area contributed by atoms with Gasteiger partial charge < -0.3 is 10.1 Å². The van der Waals surface area contributed by atoms with E-state index in [0.717, 1.165) is 18.6 Å². The highest BCUT2D eigenvalue weighted by molar-refractivity contribution is 5.58. The van der Waals surface area contributed by atoms with Crippen LogP contribution < -0.4 is 10.1 Å². The third-order valence-electron chi connectivity index (χ3n) is 2.46. The van der Waals surface area contributed by atoms with Gasteiger partial charge in [-0.1, -0.05) is 13.0 Å². The molecule has 106 valence electrons. The van der Waals surface area contributed by atoms with E-state index in [1.165, 1.54) is 6.07 Å². The fourth-order valence-corrected chi connectivity index (χ4v) is 1.55. The molecule has 20 heavy (non-hydrogen) atoms. The number of hydrogen-bond donors (Lipinski definition) is 1. The monoisotopic (exact) mass is 280 g/mol. The van der Waals surface area contributed by atoms with Crippen LogP contribution in [-0.2, 0) is 0 Å². The van der Waals surface area contributed by atoms with Gasteiger partial charge in [0.25, 0.3) is 0 Å². The van der Waals surface area contributed by atoms with E-state index in [4.69, 9.17) is 4.74 Å². The van der Waals surface area contributed by atoms with Crippen LogP contribution in [-0.4, -0.2) is 28.6 Å². The van der Waals surface area contributed by atoms with Crippen LogP contribution in [0.4, 0.5) is 14.7 Å². The van der Waals surface area contributed by atoms with Crippen molar-refractivity contribution in [3.05, 3.63) is 29.8 Å². The third kappa shape index (κ3) is 2.98. The van der Waals surface area contributed by atoms with Gasteiger partial charge in [0.2, 0.25) is 5.95 Å². The summed E-state index contributed by atoms with van der Waals surface area (Å²) in [6.07, 6.45) is 0.768. The predicted octanol–water partition coefficient (Wildman–Crippen LogP) is 2.65. The highest BCUT2D eigenvalue weighted by Gasteiger charge is 2.16. The molecule has 2 rings (SSSR count). The van der Waals surface area contributed by atoms with E-state index >= 15 is 0 Å². The van der Waals surface area contributed by atoms with Crippen LogP contribution in [0.15, 0.2) is 18.2 Å². The van der Waals surface area contributed by atoms with Crippen LogP contribution >= 0.6 is 0 Å². The van der Waals surface area contributed by atoms with Crippen molar-refractivity contribution in [2.45, 2.75) is 13.3 Å². The Labute approximate surface area is 115 Å². The van der Waals surface area contributed by atoms with Gasteiger partial charge in [0.15, 0.2) is 5.82 Å². The lowest BCUT2D eigenvalue weighted by Gasteiger charge is -2.08. The number of hydrogen-bond acceptors (Lipinski definition) is 5. The van der Waals surface area contributed by atoms with Gasteiger partial charge in [-0.05, 0) is 18.6 Å². The summed E-state index contributed by atoms with van der Waals surface area (Å²) >= 11 is 0. The Kier molecular flexibility index (Phi) is 4.39. The van der Waals surface area contributed by atoms with Gasteiger partial charge in [0.05, 0.1) is 12.2 Å². The molecule has 0 radical (unpaired) electrons. The van der Waals surface area contributed by atoms with Crippen LogP contribution in [0.3, 0.4) is 0 Å². The second-order valence-corrected chi connectivity index (χ2v) is 3.96. The van der Waals surface area contributed by atoms with Crippen molar-refractivity contribution in [3.8, 4) is 17.4 Å². The molecule has 0 unspecified atom stereocenters. The molecule has 1 heterocycles. The number of ether oxygens (including phenoxy) is 1. The zero-order valence-electron chi connectivity index (χ0n) is 11.2. The van der Waals surface area contributed by atoms with Gasteiger partial charge >= 0.3 is 6.01 Å². The molecule has 1 N–H and O–H groups in total. The van der Waals surface area contributed by atoms with E-state index in [-0.39, 0.29) is 23.3 Å². The van der Waals surface area contributed by atoms with Crippen LogP contribution in [0.2, 0.25) is 0 Å². The van der Waals surface area contributed by atoms with Gasteiger partial charge in [0.1, 0.15) is 11.6 Å². The van der Waals surface area contributed by atoms with Crippen molar-refractivity contribution in [3.63, 3.8) is 0 Å². The molecular formula is C13H14F2N4O. The molecule has 0 fully saturated rings. The Hall–Kier alpha value is -2.31. The molecule has 1 aromatic carbocycles. The van der Waals surface area contributed by atoms with Crippen molar-refractivity contribution in [1.82, 2.24) is 15.0 Å². The topological polar surface area (TPSA) is 59.9 Å². The van der Waals surface area contributed by atoms with Gasteiger partial charge in [-0.3, -0.25) is 0 Å². The minimum absolute atomic E-state index is 0.0313. The summed E-state index contributed by atoms with van der Waals surface area (Å²) in [5, 5.41) is 2.71. The molecule has 7 heteroatoms. The maximum absolute atomic E-state index is 13.8. The van der Waals surface area contributed by atoms with Crippen molar-refractivity contribution >= 4 is 5.95 Å². The third-order valence-corrected chi connectivity index (χ3v) is 2.46. The summed E-state index contributed by atoms with van der Waals surface area (Å²) < 4.78 is 32.8. The second kappa shape index (κ2) is 6.23. The number of nitrogens with one attached hydrogen (secondary N) is 1. The van der Waals surface area contributed by atoms with Gasteiger partial charge in [-0.2, -0.15) is 15.0 Å². The van der Waals surface area contributed by atoms with E-state index in [0.29, 0.717) is 6.61 Å². The van der Waals surface area contributed by atoms with Crippen LogP contribution in [0.5, 0.6) is 6.01 Å². The normalized spacial score (nSPS) is 10.4. The summed E-state index contributed by atoms with van der Waals surface area (Å²) in [5.41, 5.74) is -0.298. The van der Waals surface area contributed by atoms with E-state index in [9.17, 15) is 8.78 Å². The number of anilines is 1. The summed E-state index contributed by atoms with van der Waals surface area (Å²) in [5.74, 6) is -1.39. The zero-order chi connectivity index (χ0) is 14.5. The number of rotatable bonds is 5. The number of halogens is 2. The molecule has 0 bridgehead atoms. The van der Waals surface area contributed by atoms with Crippen molar-refractivity contribution in [2.75, 3.05) is 19.0 Å². The smallest absolute Gasteiger partial charge is 0.321 e. The molecule has 0 atom stereocenters. The fraction of sp³-hybridized carbons (Fsp3) is 0.308. The molecule has 2 aromatic rings. The van der Waals surface area contributed by atoms with Gasteiger partial charge in [0, 0.05) is 7.05 Å². The standard InChI is InChI=1S/C13H14F2N4O/c1-3-7-20-13-18-11(17-12(16-2)19-13)10-8(14)5-4-6-9(10)15/h4-6H,3,7H2,1-2H3,(H,16,17,18,19). The minimum atomic E-state index is -0.736. The highest BCUT2D eigenvalue weighted by Crippen LogP contribution is 2.24. The number of nitrogens with zero attached hydrogens (tertiary/aromatic N) is 3. The second-order valence-electron chi connectivity index (χ2n) is 3.96. The molecule has 1 aromatic heterocycles. The Bertz CT molecular complexity index is 587. The average Bonchev–Trinajstić information content (AvgIpc) is 2.44. The van der Waals surface area contributed by atoms with E-state index in [1.54, 1.807) is 7.05 Å². The van der Waals surface area contributed by atoms with Gasteiger partial charge in [-0.15, -0.1) is 0 Å². The summed E-state index contributed by atoms with van der Waals surface area (Å²) in [6.45, 7) is 2.34. The Morgan fingerprint density at radius 1 is 1.15 bits per heavy atom. The highest BCUT2D eigenvalue weighted by atomic mass is 19.1. The van der Waals surface area contributed by atoms with Crippen molar-refractivity contribution in [2.24, 2.45) is 0 Å².